The lowest BCUT2D eigenvalue weighted by Gasteiger charge is -2.20. The van der Waals surface area contributed by atoms with E-state index in [9.17, 15) is 23.8 Å². The molecule has 0 aliphatic rings. The van der Waals surface area contributed by atoms with E-state index in [1.54, 1.807) is 0 Å². The van der Waals surface area contributed by atoms with Crippen molar-refractivity contribution in [2.24, 2.45) is 5.73 Å². The Morgan fingerprint density at radius 3 is 1.43 bits per heavy atom. The average molecular weight is 830 g/mol. The maximum Gasteiger partial charge on any atom is 0.472 e. The van der Waals surface area contributed by atoms with Crippen molar-refractivity contribution in [3.8, 4) is 0 Å². The van der Waals surface area contributed by atoms with Crippen LogP contribution in [0.4, 0.5) is 0 Å². The minimum absolute atomic E-state index is 0.0855. The van der Waals surface area contributed by atoms with Gasteiger partial charge >= 0.3 is 25.7 Å². The Morgan fingerprint density at radius 1 is 0.534 bits per heavy atom. The summed E-state index contributed by atoms with van der Waals surface area (Å²) >= 11 is 0. The molecule has 11 nitrogen and oxygen atoms in total. The van der Waals surface area contributed by atoms with Crippen LogP contribution < -0.4 is 5.73 Å². The first-order valence-electron chi connectivity index (χ1n) is 20.9. The van der Waals surface area contributed by atoms with E-state index in [2.05, 4.69) is 116 Å². The Kier molecular flexibility index (Phi) is 37.3. The van der Waals surface area contributed by atoms with Gasteiger partial charge in [0.2, 0.25) is 0 Å². The summed E-state index contributed by atoms with van der Waals surface area (Å²) < 4.78 is 32.6. The molecule has 0 saturated carbocycles. The molecule has 0 aliphatic heterocycles. The Morgan fingerprint density at radius 2 is 0.948 bits per heavy atom. The second-order valence-corrected chi connectivity index (χ2v) is 14.8. The summed E-state index contributed by atoms with van der Waals surface area (Å²) in [5.41, 5.74) is 5.32. The molecule has 0 bridgehead atoms. The van der Waals surface area contributed by atoms with Gasteiger partial charge < -0.3 is 25.2 Å². The number of carbonyl (C=O) groups excluding carboxylic acids is 2. The molecule has 0 radical (unpaired) electrons. The molecule has 0 aromatic carbocycles. The average Bonchev–Trinajstić information content (AvgIpc) is 3.20. The molecule has 0 fully saturated rings. The number of carbonyl (C=O) groups is 3. The predicted octanol–water partition coefficient (Wildman–Crippen LogP) is 11.1. The normalized spacial score (nSPS) is 14.8. The summed E-state index contributed by atoms with van der Waals surface area (Å²) in [7, 11) is -4.74. The van der Waals surface area contributed by atoms with Crippen LogP contribution in [0.15, 0.2) is 109 Å². The largest absolute Gasteiger partial charge is 0.480 e. The monoisotopic (exact) mass is 829 g/mol. The van der Waals surface area contributed by atoms with E-state index < -0.39 is 57.7 Å². The molecule has 4 N–H and O–H groups in total. The molecule has 0 aromatic heterocycles. The summed E-state index contributed by atoms with van der Waals surface area (Å²) in [4.78, 5) is 45.9. The highest BCUT2D eigenvalue weighted by molar-refractivity contribution is 7.47. The molecule has 0 amide bonds. The Balaban J connectivity index is 4.56. The number of hydrogen-bond acceptors (Lipinski definition) is 9. The summed E-state index contributed by atoms with van der Waals surface area (Å²) in [5.74, 6) is -2.53. The van der Waals surface area contributed by atoms with Crippen LogP contribution in [0.3, 0.4) is 0 Å². The third kappa shape index (κ3) is 39.0. The summed E-state index contributed by atoms with van der Waals surface area (Å²) in [5, 5.41) is 8.88. The first kappa shape index (κ1) is 54.1. The van der Waals surface area contributed by atoms with Crippen molar-refractivity contribution in [1.82, 2.24) is 0 Å². The second kappa shape index (κ2) is 39.9. The highest BCUT2D eigenvalue weighted by Gasteiger charge is 2.28. The maximum atomic E-state index is 12.6. The zero-order valence-electron chi connectivity index (χ0n) is 35.1. The van der Waals surface area contributed by atoms with Crippen LogP contribution in [0.25, 0.3) is 0 Å². The predicted molar refractivity (Wildman–Crippen MR) is 235 cm³/mol. The lowest BCUT2D eigenvalue weighted by molar-refractivity contribution is -0.161. The number of hydrogen-bond donors (Lipinski definition) is 3. The number of nitrogens with two attached hydrogens (primary N) is 1. The van der Waals surface area contributed by atoms with Crippen molar-refractivity contribution in [3.63, 3.8) is 0 Å². The fourth-order valence-corrected chi connectivity index (χ4v) is 5.59. The van der Waals surface area contributed by atoms with E-state index in [4.69, 9.17) is 24.8 Å². The fourth-order valence-electron chi connectivity index (χ4n) is 4.81. The van der Waals surface area contributed by atoms with Gasteiger partial charge in [0, 0.05) is 12.8 Å². The van der Waals surface area contributed by atoms with Crippen LogP contribution in [0.1, 0.15) is 129 Å². The van der Waals surface area contributed by atoms with Crippen LogP contribution >= 0.6 is 7.82 Å². The molecule has 0 aromatic rings. The van der Waals surface area contributed by atoms with Crippen molar-refractivity contribution in [3.05, 3.63) is 109 Å². The molecule has 0 heterocycles. The van der Waals surface area contributed by atoms with Crippen LogP contribution in [-0.2, 0) is 37.5 Å². The van der Waals surface area contributed by atoms with Gasteiger partial charge in [0.25, 0.3) is 0 Å². The van der Waals surface area contributed by atoms with Crippen molar-refractivity contribution in [2.45, 2.75) is 142 Å². The second-order valence-electron chi connectivity index (χ2n) is 13.4. The fraction of sp³-hybridized carbons (Fsp3) is 0.543. The third-order valence-electron chi connectivity index (χ3n) is 8.03. The number of rotatable bonds is 37. The van der Waals surface area contributed by atoms with Gasteiger partial charge in [-0.25, -0.2) is 4.57 Å². The number of ether oxygens (including phenoxy) is 2. The molecule has 0 saturated heterocycles. The van der Waals surface area contributed by atoms with Gasteiger partial charge in [-0.1, -0.05) is 142 Å². The van der Waals surface area contributed by atoms with Gasteiger partial charge in [0.05, 0.1) is 13.2 Å². The van der Waals surface area contributed by atoms with E-state index in [0.717, 1.165) is 89.9 Å². The smallest absolute Gasteiger partial charge is 0.472 e. The van der Waals surface area contributed by atoms with E-state index in [1.807, 2.05) is 12.2 Å². The Hall–Kier alpha value is -3.86. The summed E-state index contributed by atoms with van der Waals surface area (Å²) in [6, 6.07) is -1.54. The van der Waals surface area contributed by atoms with Gasteiger partial charge in [-0.05, 0) is 83.5 Å². The number of phosphoric ester groups is 1. The lowest BCUT2D eigenvalue weighted by atomic mass is 10.1. The van der Waals surface area contributed by atoms with Gasteiger partial charge in [0.15, 0.2) is 6.10 Å². The minimum atomic E-state index is -4.74. The first-order chi connectivity index (χ1) is 28.1. The van der Waals surface area contributed by atoms with Crippen molar-refractivity contribution < 1.29 is 47.5 Å². The standard InChI is InChI=1S/C46H72NO10P/c1-3-5-7-9-11-13-15-17-19-20-21-22-24-25-27-29-31-33-35-37-44(48)54-39-42(40-55-58(52,53)56-41-43(47)46(50)51)57-45(49)38-36-34-32-30-28-26-23-18-16-14-12-10-8-6-4-2/h5-8,11-14,17-19,21-23,25,27,31,33,42-43H,3-4,9-10,15-16,20,24,26,28-30,32,34-41,47H2,1-2H3,(H,50,51)(H,52,53)/t42-,43+/m1/s1. The van der Waals surface area contributed by atoms with Crippen molar-refractivity contribution in [2.75, 3.05) is 19.8 Å². The zero-order valence-corrected chi connectivity index (χ0v) is 36.0. The topological polar surface area (TPSA) is 172 Å². The number of carboxylic acid groups (broad SMARTS) is 1. The Labute approximate surface area is 348 Å². The van der Waals surface area contributed by atoms with Gasteiger partial charge in [0.1, 0.15) is 12.6 Å². The van der Waals surface area contributed by atoms with E-state index >= 15 is 0 Å². The molecular weight excluding hydrogens is 757 g/mol. The number of aliphatic carboxylic acids is 1. The molecule has 0 aliphatic carbocycles. The number of allylic oxidation sites excluding steroid dienone is 18. The molecule has 0 spiro atoms. The molecule has 1 unspecified atom stereocenters. The maximum absolute atomic E-state index is 12.6. The van der Waals surface area contributed by atoms with Crippen LogP contribution in [0.2, 0.25) is 0 Å². The van der Waals surface area contributed by atoms with Crippen molar-refractivity contribution >= 4 is 25.7 Å². The number of phosphoric acid groups is 1. The van der Waals surface area contributed by atoms with Gasteiger partial charge in [-0.3, -0.25) is 23.4 Å². The molecule has 0 rings (SSSR count). The Bertz CT molecular complexity index is 1390. The lowest BCUT2D eigenvalue weighted by Crippen LogP contribution is -2.34. The summed E-state index contributed by atoms with van der Waals surface area (Å²) in [6.07, 6.45) is 51.7. The van der Waals surface area contributed by atoms with Gasteiger partial charge in [-0.15, -0.1) is 0 Å². The summed E-state index contributed by atoms with van der Waals surface area (Å²) in [6.45, 7) is 2.45. The number of esters is 2. The van der Waals surface area contributed by atoms with Crippen molar-refractivity contribution in [1.29, 1.82) is 0 Å². The number of carboxylic acids is 1. The highest BCUT2D eigenvalue weighted by Crippen LogP contribution is 2.43. The van der Waals surface area contributed by atoms with E-state index in [1.165, 1.54) is 0 Å². The van der Waals surface area contributed by atoms with Gasteiger partial charge in [-0.2, -0.15) is 0 Å². The SMILES string of the molecule is CCC=CCC=CCC=CCC=CCC=CCC=CCCC(=O)OC[C@H](COP(=O)(O)OC[C@H](N)C(=O)O)OC(=O)CCCCCCCC=CCC=CCC=CCC. The van der Waals surface area contributed by atoms with Crippen LogP contribution in [0, 0.1) is 0 Å². The molecule has 12 heteroatoms. The third-order valence-corrected chi connectivity index (χ3v) is 8.98. The van der Waals surface area contributed by atoms with E-state index in [-0.39, 0.29) is 12.8 Å². The minimum Gasteiger partial charge on any atom is -0.480 e. The highest BCUT2D eigenvalue weighted by atomic mass is 31.2. The van der Waals surface area contributed by atoms with E-state index in [0.29, 0.717) is 12.8 Å². The molecule has 58 heavy (non-hydrogen) atoms. The first-order valence-corrected chi connectivity index (χ1v) is 22.4. The molecular formula is C46H72NO10P. The van der Waals surface area contributed by atoms with Crippen LogP contribution in [-0.4, -0.2) is 59.9 Å². The van der Waals surface area contributed by atoms with Crippen LogP contribution in [0.5, 0.6) is 0 Å². The quantitative estimate of drug-likeness (QED) is 0.0235. The number of unbranched alkanes of at least 4 members (excludes halogenated alkanes) is 5. The molecule has 3 atom stereocenters. The zero-order chi connectivity index (χ0) is 42.8. The molecule has 326 valence electrons.